The van der Waals surface area contributed by atoms with E-state index in [0.717, 1.165) is 40.5 Å². The lowest BCUT2D eigenvalue weighted by atomic mass is 9.88. The summed E-state index contributed by atoms with van der Waals surface area (Å²) in [5.41, 5.74) is 4.10. The van der Waals surface area contributed by atoms with Gasteiger partial charge in [-0.3, -0.25) is 0 Å². The van der Waals surface area contributed by atoms with E-state index in [0.29, 0.717) is 87.2 Å². The minimum atomic E-state index is -8.76. The molecule has 8 nitrogen and oxygen atoms in total. The average Bonchev–Trinajstić information content (AvgIpc) is 2.85. The Labute approximate surface area is 446 Å². The zero-order valence-electron chi connectivity index (χ0n) is 41.6. The van der Waals surface area contributed by atoms with Crippen LogP contribution in [0.5, 0.6) is 23.0 Å². The Morgan fingerprint density at radius 2 is 0.713 bits per heavy atom. The van der Waals surface area contributed by atoms with E-state index < -0.39 is 72.2 Å². The van der Waals surface area contributed by atoms with Crippen LogP contribution in [-0.2, 0) is 4.74 Å². The van der Waals surface area contributed by atoms with Crippen LogP contribution in [0.15, 0.2) is 115 Å². The Morgan fingerprint density at radius 3 is 1.09 bits per heavy atom. The maximum absolute atomic E-state index is 14.5. The molecule has 0 amide bonds. The van der Waals surface area contributed by atoms with Gasteiger partial charge in [0.05, 0.1) is 68.3 Å². The van der Waals surface area contributed by atoms with E-state index >= 15 is 0 Å². The van der Waals surface area contributed by atoms with Crippen LogP contribution in [-0.4, -0.2) is 86.6 Å². The SMILES string of the molecule is N#Cc1ccc(-c2ccc(OCCCCCCOc3ccc(C(=O)OCCC(F)(F)C(F)(F)C(F)(F)C(F)(F)C(F)(F)C(F)(F)C(F)(F)C(F)(F)F)cc3OCCCCCCOc3ccc(-c4ccc(C#N)cc4)cc3)cc2)cc1. The molecule has 0 atom stereocenters. The van der Waals surface area contributed by atoms with Gasteiger partial charge in [0.1, 0.15) is 11.5 Å². The highest BCUT2D eigenvalue weighted by atomic mass is 19.4. The second-order valence-electron chi connectivity index (χ2n) is 17.8. The molecule has 432 valence electrons. The predicted molar refractivity (Wildman–Crippen MR) is 254 cm³/mol. The summed E-state index contributed by atoms with van der Waals surface area (Å²) >= 11 is 0. The maximum atomic E-state index is 14.5. The zero-order chi connectivity index (χ0) is 59.2. The number of alkyl halides is 17. The molecule has 0 fully saturated rings. The summed E-state index contributed by atoms with van der Waals surface area (Å²) in [5, 5.41) is 18.0. The van der Waals surface area contributed by atoms with Crippen molar-refractivity contribution < 1.29 is 103 Å². The third kappa shape index (κ3) is 14.5. The molecule has 25 heteroatoms. The van der Waals surface area contributed by atoms with Crippen LogP contribution in [0.3, 0.4) is 0 Å². The molecule has 0 aromatic heterocycles. The van der Waals surface area contributed by atoms with Gasteiger partial charge in [0, 0.05) is 0 Å². The van der Waals surface area contributed by atoms with Crippen molar-refractivity contribution >= 4 is 5.97 Å². The molecule has 0 radical (unpaired) electrons. The number of unbranched alkanes of at least 4 members (excludes halogenated alkanes) is 6. The lowest BCUT2D eigenvalue weighted by Gasteiger charge is -2.42. The molecule has 0 heterocycles. The number of nitrogens with zero attached hydrogens (tertiary/aromatic N) is 2. The summed E-state index contributed by atoms with van der Waals surface area (Å²) in [7, 11) is 0. The quantitative estimate of drug-likeness (QED) is 0.0254. The first kappa shape index (κ1) is 63.4. The summed E-state index contributed by atoms with van der Waals surface area (Å²) in [4.78, 5) is 12.9. The van der Waals surface area contributed by atoms with Gasteiger partial charge in [-0.25, -0.2) is 4.79 Å². The molecular weight excluding hydrogens is 1110 g/mol. The van der Waals surface area contributed by atoms with Crippen molar-refractivity contribution in [3.8, 4) is 57.4 Å². The molecule has 5 aromatic rings. The van der Waals surface area contributed by atoms with E-state index in [-0.39, 0.29) is 24.7 Å². The number of benzene rings is 5. The van der Waals surface area contributed by atoms with Crippen molar-refractivity contribution in [3.63, 3.8) is 0 Å². The summed E-state index contributed by atoms with van der Waals surface area (Å²) in [6, 6.07) is 35.9. The highest BCUT2D eigenvalue weighted by molar-refractivity contribution is 5.90. The van der Waals surface area contributed by atoms with Crippen molar-refractivity contribution in [3.05, 3.63) is 132 Å². The van der Waals surface area contributed by atoms with Crippen LogP contribution >= 0.6 is 0 Å². The van der Waals surface area contributed by atoms with Crippen LogP contribution in [0.4, 0.5) is 74.6 Å². The molecule has 0 aliphatic heterocycles. The van der Waals surface area contributed by atoms with E-state index in [4.69, 9.17) is 29.5 Å². The molecule has 0 bridgehead atoms. The lowest BCUT2D eigenvalue weighted by Crippen LogP contribution is -2.74. The highest BCUT2D eigenvalue weighted by Crippen LogP contribution is 2.64. The molecule has 0 N–H and O–H groups in total. The van der Waals surface area contributed by atoms with Crippen molar-refractivity contribution in [2.24, 2.45) is 0 Å². The number of carbonyl (C=O) groups excluding carboxylic acids is 1. The van der Waals surface area contributed by atoms with E-state index in [1.807, 2.05) is 48.5 Å². The number of carbonyl (C=O) groups is 1. The Hall–Kier alpha value is -7.44. The standard InChI is InChI=1S/C55H47F17N2O6/c56-48(57,49(58,59)50(60,61)51(62,63)52(64,65)53(66,67)54(68,69)55(70,71)72)27-32-80-47(75)42-21-26-45(78-30-7-3-1-5-28-76-43-22-17-40(18-23-43)38-13-9-36(34-73)10-14-38)46(33-42)79-31-8-4-2-6-29-77-44-24-19-41(20-25-44)39-15-11-37(35-74)12-16-39/h9-26,33H,1-8,27-32H2. The molecule has 0 spiro atoms. The van der Waals surface area contributed by atoms with Crippen LogP contribution in [0.25, 0.3) is 22.3 Å². The fourth-order valence-corrected chi connectivity index (χ4v) is 7.40. The maximum Gasteiger partial charge on any atom is 0.460 e. The number of ether oxygens (including phenoxy) is 5. The Kier molecular flexibility index (Phi) is 20.8. The fourth-order valence-electron chi connectivity index (χ4n) is 7.40. The zero-order valence-corrected chi connectivity index (χ0v) is 41.6. The lowest BCUT2D eigenvalue weighted by molar-refractivity contribution is -0.461. The number of halogens is 17. The Balaban J connectivity index is 1.15. The first-order valence-corrected chi connectivity index (χ1v) is 24.2. The molecule has 0 saturated carbocycles. The predicted octanol–water partition coefficient (Wildman–Crippen LogP) is 16.4. The topological polar surface area (TPSA) is 111 Å². The number of nitriles is 2. The van der Waals surface area contributed by atoms with E-state index in [1.54, 1.807) is 48.5 Å². The van der Waals surface area contributed by atoms with Crippen LogP contribution in [0.2, 0.25) is 0 Å². The molecule has 5 aromatic carbocycles. The van der Waals surface area contributed by atoms with Gasteiger partial charge in [-0.1, -0.05) is 48.5 Å². The van der Waals surface area contributed by atoms with Crippen LogP contribution in [0.1, 0.15) is 79.3 Å². The number of rotatable bonds is 30. The summed E-state index contributed by atoms with van der Waals surface area (Å²) in [5.74, 6) is -58.1. The van der Waals surface area contributed by atoms with Gasteiger partial charge in [0.15, 0.2) is 11.5 Å². The first-order valence-electron chi connectivity index (χ1n) is 24.2. The number of esters is 1. The minimum absolute atomic E-state index is 0.0241. The van der Waals surface area contributed by atoms with E-state index in [2.05, 4.69) is 16.9 Å². The Bertz CT molecular complexity index is 2890. The van der Waals surface area contributed by atoms with Crippen molar-refractivity contribution in [1.29, 1.82) is 10.5 Å². The molecule has 0 aliphatic rings. The van der Waals surface area contributed by atoms with Gasteiger partial charge >= 0.3 is 53.6 Å². The summed E-state index contributed by atoms with van der Waals surface area (Å²) in [6.07, 6.45) is -6.09. The van der Waals surface area contributed by atoms with Crippen LogP contribution < -0.4 is 18.9 Å². The average molecular weight is 1150 g/mol. The smallest absolute Gasteiger partial charge is 0.460 e. The molecule has 5 rings (SSSR count). The highest BCUT2D eigenvalue weighted by Gasteiger charge is 2.95. The summed E-state index contributed by atoms with van der Waals surface area (Å²) < 4.78 is 261. The second-order valence-corrected chi connectivity index (χ2v) is 17.8. The van der Waals surface area contributed by atoms with E-state index in [9.17, 15) is 79.4 Å². The fraction of sp³-hybridized carbons (Fsp3) is 0.400. The minimum Gasteiger partial charge on any atom is -0.494 e. The first-order chi connectivity index (χ1) is 37.5. The number of hydrogen-bond donors (Lipinski definition) is 0. The molecule has 0 unspecified atom stereocenters. The van der Waals surface area contributed by atoms with Crippen molar-refractivity contribution in [2.75, 3.05) is 33.0 Å². The third-order valence-electron chi connectivity index (χ3n) is 12.1. The Morgan fingerprint density at radius 1 is 0.375 bits per heavy atom. The third-order valence-corrected chi connectivity index (χ3v) is 12.1. The second kappa shape index (κ2) is 26.2. The van der Waals surface area contributed by atoms with Gasteiger partial charge in [-0.15, -0.1) is 0 Å². The van der Waals surface area contributed by atoms with Gasteiger partial charge in [0.25, 0.3) is 0 Å². The van der Waals surface area contributed by atoms with Crippen LogP contribution in [0, 0.1) is 22.7 Å². The van der Waals surface area contributed by atoms with Gasteiger partial charge in [-0.05, 0) is 140 Å². The van der Waals surface area contributed by atoms with Gasteiger partial charge < -0.3 is 23.7 Å². The van der Waals surface area contributed by atoms with Crippen molar-refractivity contribution in [2.45, 2.75) is 105 Å². The molecular formula is C55H47F17N2O6. The molecule has 80 heavy (non-hydrogen) atoms. The normalized spacial score (nSPS) is 12.8. The monoisotopic (exact) mass is 1150 g/mol. The summed E-state index contributed by atoms with van der Waals surface area (Å²) in [6.45, 7) is -1.32. The van der Waals surface area contributed by atoms with Crippen molar-refractivity contribution in [1.82, 2.24) is 0 Å². The van der Waals surface area contributed by atoms with Gasteiger partial charge in [-0.2, -0.15) is 85.2 Å². The van der Waals surface area contributed by atoms with E-state index in [1.165, 1.54) is 0 Å². The number of hydrogen-bond acceptors (Lipinski definition) is 8. The molecule has 0 aliphatic carbocycles. The van der Waals surface area contributed by atoms with Gasteiger partial charge in [0.2, 0.25) is 0 Å². The largest absolute Gasteiger partial charge is 0.494 e. The molecule has 0 saturated heterocycles.